The number of hydrogen-bond acceptors (Lipinski definition) is 6. The second-order valence-electron chi connectivity index (χ2n) is 6.88. The first-order chi connectivity index (χ1) is 18.3. The fourth-order valence-electron chi connectivity index (χ4n) is 2.66. The highest BCUT2D eigenvalue weighted by molar-refractivity contribution is 6.52. The lowest BCUT2D eigenvalue weighted by atomic mass is 10.3. The molecule has 0 spiro atoms. The lowest BCUT2D eigenvalue weighted by Gasteiger charge is -2.14. The van der Waals surface area contributed by atoms with Crippen molar-refractivity contribution in [3.63, 3.8) is 0 Å². The third-order valence-electron chi connectivity index (χ3n) is 4.37. The van der Waals surface area contributed by atoms with Crippen LogP contribution in [0.2, 0.25) is 60.3 Å². The number of aromatic nitrogens is 3. The van der Waals surface area contributed by atoms with Crippen molar-refractivity contribution in [1.29, 1.82) is 0 Å². The molecule has 0 atom stereocenters. The molecule has 0 fully saturated rings. The summed E-state index contributed by atoms with van der Waals surface area (Å²) >= 11 is 73.8. The SMILES string of the molecule is Clc1cc(Cl)c(Oc2nc(Oc3c(Cl)cc(Cl)c(Cl)c3Cl)nc(Oc3c(Cl)cc(Cl)c(Cl)c3Cl)n2)c(Cl)c1Cl. The highest BCUT2D eigenvalue weighted by atomic mass is 35.5. The molecule has 6 nitrogen and oxygen atoms in total. The number of ether oxygens (including phenoxy) is 3. The summed E-state index contributed by atoms with van der Waals surface area (Å²) in [7, 11) is 0. The van der Waals surface area contributed by atoms with Gasteiger partial charge in [-0.05, 0) is 18.2 Å². The molecule has 204 valence electrons. The first-order valence-corrected chi connectivity index (χ1v) is 14.1. The van der Waals surface area contributed by atoms with E-state index >= 15 is 0 Å². The molecular formula is C21H3Cl12N3O3. The Hall–Kier alpha value is -0.450. The summed E-state index contributed by atoms with van der Waals surface area (Å²) in [6.07, 6.45) is 0. The van der Waals surface area contributed by atoms with Crippen LogP contribution < -0.4 is 14.2 Å². The number of halogens is 12. The van der Waals surface area contributed by atoms with Crippen molar-refractivity contribution >= 4 is 139 Å². The van der Waals surface area contributed by atoms with Crippen molar-refractivity contribution in [3.05, 3.63) is 78.5 Å². The third kappa shape index (κ3) is 6.80. The number of hydrogen-bond donors (Lipinski definition) is 0. The van der Waals surface area contributed by atoms with E-state index in [1.807, 2.05) is 0 Å². The second kappa shape index (κ2) is 12.8. The fourth-order valence-corrected chi connectivity index (χ4v) is 5.60. The molecule has 0 aliphatic rings. The van der Waals surface area contributed by atoms with Gasteiger partial charge in [-0.15, -0.1) is 15.0 Å². The molecule has 1 heterocycles. The Kier molecular flexibility index (Phi) is 10.4. The van der Waals surface area contributed by atoms with Gasteiger partial charge in [0, 0.05) is 0 Å². The Bertz CT molecular complexity index is 1440. The zero-order chi connectivity index (χ0) is 28.8. The summed E-state index contributed by atoms with van der Waals surface area (Å²) in [5.41, 5.74) is 0. The van der Waals surface area contributed by atoms with Crippen molar-refractivity contribution in [2.75, 3.05) is 0 Å². The van der Waals surface area contributed by atoms with Crippen LogP contribution in [-0.2, 0) is 0 Å². The molecule has 0 amide bonds. The average Bonchev–Trinajstić information content (AvgIpc) is 2.88. The summed E-state index contributed by atoms with van der Waals surface area (Å²) in [5.74, 6) is -0.439. The van der Waals surface area contributed by atoms with E-state index < -0.39 is 18.0 Å². The van der Waals surface area contributed by atoms with Crippen LogP contribution in [0.3, 0.4) is 0 Å². The molecule has 0 radical (unpaired) electrons. The summed E-state index contributed by atoms with van der Waals surface area (Å²) in [6, 6.07) is 2.55. The van der Waals surface area contributed by atoms with E-state index in [0.717, 1.165) is 0 Å². The van der Waals surface area contributed by atoms with Gasteiger partial charge in [-0.3, -0.25) is 0 Å². The van der Waals surface area contributed by atoms with E-state index in [1.54, 1.807) is 0 Å². The highest BCUT2D eigenvalue weighted by Crippen LogP contribution is 2.47. The van der Waals surface area contributed by atoms with Crippen LogP contribution in [0.15, 0.2) is 18.2 Å². The molecule has 0 saturated carbocycles. The largest absolute Gasteiger partial charge is 0.421 e. The van der Waals surface area contributed by atoms with Crippen LogP contribution in [0.5, 0.6) is 35.3 Å². The summed E-state index contributed by atoms with van der Waals surface area (Å²) in [4.78, 5) is 12.2. The molecule has 4 aromatic rings. The van der Waals surface area contributed by atoms with Gasteiger partial charge in [0.15, 0.2) is 17.2 Å². The average molecular weight is 771 g/mol. The van der Waals surface area contributed by atoms with Gasteiger partial charge in [-0.2, -0.15) is 0 Å². The first kappa shape index (κ1) is 31.5. The van der Waals surface area contributed by atoms with Crippen LogP contribution in [0.25, 0.3) is 0 Å². The fraction of sp³-hybridized carbons (Fsp3) is 0. The molecule has 39 heavy (non-hydrogen) atoms. The molecule has 0 aliphatic heterocycles. The van der Waals surface area contributed by atoms with Crippen molar-refractivity contribution in [3.8, 4) is 35.3 Å². The van der Waals surface area contributed by atoms with Crippen molar-refractivity contribution < 1.29 is 14.2 Å². The Labute approximate surface area is 279 Å². The van der Waals surface area contributed by atoms with Crippen molar-refractivity contribution in [2.24, 2.45) is 0 Å². The van der Waals surface area contributed by atoms with Gasteiger partial charge in [0.1, 0.15) is 15.1 Å². The predicted molar refractivity (Wildman–Crippen MR) is 159 cm³/mol. The smallest absolute Gasteiger partial charge is 0.331 e. The minimum absolute atomic E-state index is 0.0223. The Morgan fingerprint density at radius 1 is 0.333 bits per heavy atom. The molecule has 0 bridgehead atoms. The summed E-state index contributed by atoms with van der Waals surface area (Å²) in [5, 5.41) is -0.346. The maximum absolute atomic E-state index is 6.26. The molecule has 1 aromatic heterocycles. The standard InChI is InChI=1S/C21H3Cl12N3O3/c22-4-1-7(25)16(13(31)10(4)28)37-19-34-20(38-17-8(26)2-5(23)11(29)14(17)32)36-21(35-19)39-18-9(27)3-6(24)12(30)15(18)33/h1-3H. The Morgan fingerprint density at radius 3 is 0.795 bits per heavy atom. The topological polar surface area (TPSA) is 66.4 Å². The normalized spacial score (nSPS) is 11.1. The lowest BCUT2D eigenvalue weighted by Crippen LogP contribution is -2.03. The zero-order valence-electron chi connectivity index (χ0n) is 17.8. The molecule has 0 saturated heterocycles. The van der Waals surface area contributed by atoms with Crippen molar-refractivity contribution in [2.45, 2.75) is 0 Å². The molecule has 0 unspecified atom stereocenters. The molecule has 4 rings (SSSR count). The van der Waals surface area contributed by atoms with E-state index in [0.29, 0.717) is 0 Å². The van der Waals surface area contributed by atoms with Crippen molar-refractivity contribution in [1.82, 2.24) is 15.0 Å². The van der Waals surface area contributed by atoms with Gasteiger partial charge in [-0.1, -0.05) is 139 Å². The predicted octanol–water partition coefficient (Wildman–Crippen LogP) is 13.1. The molecule has 3 aromatic carbocycles. The van der Waals surface area contributed by atoms with E-state index in [4.69, 9.17) is 153 Å². The third-order valence-corrected chi connectivity index (χ3v) is 8.95. The van der Waals surface area contributed by atoms with Gasteiger partial charge in [-0.25, -0.2) is 0 Å². The Balaban J connectivity index is 1.84. The van der Waals surface area contributed by atoms with Gasteiger partial charge in [0.05, 0.1) is 45.2 Å². The van der Waals surface area contributed by atoms with Crippen LogP contribution >= 0.6 is 139 Å². The van der Waals surface area contributed by atoms with Crippen LogP contribution in [-0.4, -0.2) is 15.0 Å². The summed E-state index contributed by atoms with van der Waals surface area (Å²) in [6.45, 7) is 0. The monoisotopic (exact) mass is 765 g/mol. The van der Waals surface area contributed by atoms with Crippen LogP contribution in [0.4, 0.5) is 0 Å². The number of benzene rings is 3. The zero-order valence-corrected chi connectivity index (χ0v) is 26.9. The minimum atomic E-state index is -0.447. The maximum Gasteiger partial charge on any atom is 0.331 e. The van der Waals surface area contributed by atoms with Crippen LogP contribution in [0.1, 0.15) is 0 Å². The van der Waals surface area contributed by atoms with Gasteiger partial charge < -0.3 is 14.2 Å². The van der Waals surface area contributed by atoms with E-state index in [1.165, 1.54) is 18.2 Å². The van der Waals surface area contributed by atoms with Gasteiger partial charge in [0.2, 0.25) is 0 Å². The highest BCUT2D eigenvalue weighted by Gasteiger charge is 2.23. The van der Waals surface area contributed by atoms with E-state index in [9.17, 15) is 0 Å². The maximum atomic E-state index is 6.26. The minimum Gasteiger partial charge on any atom is -0.421 e. The van der Waals surface area contributed by atoms with Gasteiger partial charge in [0.25, 0.3) is 0 Å². The quantitative estimate of drug-likeness (QED) is 0.144. The first-order valence-electron chi connectivity index (χ1n) is 9.57. The van der Waals surface area contributed by atoms with E-state index in [2.05, 4.69) is 15.0 Å². The van der Waals surface area contributed by atoms with Crippen LogP contribution in [0, 0.1) is 0 Å². The Morgan fingerprint density at radius 2 is 0.564 bits per heavy atom. The summed E-state index contributed by atoms with van der Waals surface area (Å²) < 4.78 is 17.1. The number of nitrogens with zero attached hydrogens (tertiary/aromatic N) is 3. The second-order valence-corrected chi connectivity index (χ2v) is 11.6. The molecule has 18 heteroatoms. The molecular weight excluding hydrogens is 768 g/mol. The molecule has 0 N–H and O–H groups in total. The van der Waals surface area contributed by atoms with E-state index in [-0.39, 0.29) is 77.5 Å². The number of rotatable bonds is 6. The molecule has 0 aliphatic carbocycles. The lowest BCUT2D eigenvalue weighted by molar-refractivity contribution is 0.362. The van der Waals surface area contributed by atoms with Gasteiger partial charge >= 0.3 is 18.0 Å².